The topological polar surface area (TPSA) is 147 Å². The summed E-state index contributed by atoms with van der Waals surface area (Å²) in [4.78, 5) is 0. The van der Waals surface area contributed by atoms with Crippen LogP contribution in [0.5, 0.6) is 0 Å². The first kappa shape index (κ1) is 17.4. The largest absolute Gasteiger partial charge is 0.394 e. The maximum absolute atomic E-state index is 10.0. The van der Waals surface area contributed by atoms with Crippen LogP contribution in [-0.4, -0.2) is 107 Å². The molecule has 10 atom stereocenters. The second-order valence-corrected chi connectivity index (χ2v) is 5.86. The molecule has 0 aromatic rings. The Balaban J connectivity index is 1.71. The predicted molar refractivity (Wildman–Crippen MR) is 70.1 cm³/mol. The molecule has 3 rings (SSSR count). The predicted octanol–water partition coefficient (Wildman–Crippen LogP) is -3.70. The molecule has 3 aliphatic heterocycles. The average Bonchev–Trinajstić information content (AvgIpc) is 2.82. The third-order valence-electron chi connectivity index (χ3n) is 4.47. The molecule has 3 fully saturated rings. The van der Waals surface area contributed by atoms with E-state index in [1.54, 1.807) is 0 Å². The molecule has 3 heterocycles. The van der Waals surface area contributed by atoms with Crippen LogP contribution in [0.15, 0.2) is 0 Å². The van der Waals surface area contributed by atoms with Crippen molar-refractivity contribution in [1.29, 1.82) is 0 Å². The molecule has 134 valence electrons. The van der Waals surface area contributed by atoms with Gasteiger partial charge in [0.2, 0.25) is 0 Å². The van der Waals surface area contributed by atoms with Crippen LogP contribution in [0.1, 0.15) is 0 Å². The van der Waals surface area contributed by atoms with Crippen molar-refractivity contribution in [3.8, 4) is 0 Å². The van der Waals surface area contributed by atoms with Gasteiger partial charge in [-0.2, -0.15) is 0 Å². The Labute approximate surface area is 132 Å². The molecule has 23 heavy (non-hydrogen) atoms. The number of methoxy groups -OCH3 is 1. The third kappa shape index (κ3) is 3.00. The van der Waals surface area contributed by atoms with Crippen LogP contribution in [0.4, 0.5) is 0 Å². The molecule has 0 aliphatic carbocycles. The molecule has 2 bridgehead atoms. The zero-order valence-corrected chi connectivity index (χ0v) is 12.5. The van der Waals surface area contributed by atoms with Crippen molar-refractivity contribution in [1.82, 2.24) is 0 Å². The van der Waals surface area contributed by atoms with Crippen LogP contribution in [-0.2, 0) is 23.7 Å². The van der Waals surface area contributed by atoms with E-state index in [9.17, 15) is 25.5 Å². The van der Waals surface area contributed by atoms with Crippen molar-refractivity contribution in [3.63, 3.8) is 0 Å². The highest BCUT2D eigenvalue weighted by molar-refractivity contribution is 4.98. The van der Waals surface area contributed by atoms with Crippen LogP contribution < -0.4 is 0 Å². The van der Waals surface area contributed by atoms with Gasteiger partial charge in [-0.3, -0.25) is 0 Å². The smallest absolute Gasteiger partial charge is 0.187 e. The van der Waals surface area contributed by atoms with Gasteiger partial charge in [0, 0.05) is 7.11 Å². The van der Waals surface area contributed by atoms with Gasteiger partial charge in [0.25, 0.3) is 0 Å². The van der Waals surface area contributed by atoms with Gasteiger partial charge in [-0.25, -0.2) is 0 Å². The molecule has 0 aromatic heterocycles. The van der Waals surface area contributed by atoms with E-state index in [1.165, 1.54) is 7.11 Å². The van der Waals surface area contributed by atoms with E-state index in [0.717, 1.165) is 0 Å². The van der Waals surface area contributed by atoms with Gasteiger partial charge in [0.15, 0.2) is 12.6 Å². The van der Waals surface area contributed by atoms with E-state index in [2.05, 4.69) is 0 Å². The molecule has 10 heteroatoms. The van der Waals surface area contributed by atoms with Crippen molar-refractivity contribution in [3.05, 3.63) is 0 Å². The van der Waals surface area contributed by atoms with Crippen molar-refractivity contribution in [2.75, 3.05) is 20.3 Å². The highest BCUT2D eigenvalue weighted by Crippen LogP contribution is 2.34. The minimum absolute atomic E-state index is 0.170. The minimum atomic E-state index is -1.53. The Morgan fingerprint density at radius 2 is 1.74 bits per heavy atom. The Hall–Kier alpha value is -0.400. The molecule has 0 aromatic carbocycles. The summed E-state index contributed by atoms with van der Waals surface area (Å²) in [5.41, 5.74) is 0. The summed E-state index contributed by atoms with van der Waals surface area (Å²) < 4.78 is 27.0. The monoisotopic (exact) mass is 338 g/mol. The van der Waals surface area contributed by atoms with Gasteiger partial charge < -0.3 is 49.2 Å². The summed E-state index contributed by atoms with van der Waals surface area (Å²) in [5, 5.41) is 48.6. The van der Waals surface area contributed by atoms with E-state index in [0.29, 0.717) is 0 Å². The molecule has 3 aliphatic rings. The number of hydrogen-bond acceptors (Lipinski definition) is 10. The maximum Gasteiger partial charge on any atom is 0.187 e. The van der Waals surface area contributed by atoms with Crippen LogP contribution in [0, 0.1) is 0 Å². The van der Waals surface area contributed by atoms with E-state index < -0.39 is 68.0 Å². The van der Waals surface area contributed by atoms with Gasteiger partial charge in [0.1, 0.15) is 48.8 Å². The molecule has 3 saturated heterocycles. The first-order valence-corrected chi connectivity index (χ1v) is 7.41. The Kier molecular flexibility index (Phi) is 5.18. The fourth-order valence-electron chi connectivity index (χ4n) is 3.17. The normalized spacial score (nSPS) is 53.5. The van der Waals surface area contributed by atoms with Crippen molar-refractivity contribution < 1.29 is 49.2 Å². The Morgan fingerprint density at radius 1 is 1.00 bits per heavy atom. The summed E-state index contributed by atoms with van der Waals surface area (Å²) >= 11 is 0. The summed E-state index contributed by atoms with van der Waals surface area (Å²) in [6.07, 6.45) is -10.7. The lowest BCUT2D eigenvalue weighted by Gasteiger charge is -2.43. The number of hydrogen-bond donors (Lipinski definition) is 5. The Bertz CT molecular complexity index is 406. The van der Waals surface area contributed by atoms with Crippen LogP contribution in [0.2, 0.25) is 0 Å². The standard InChI is InChI=1S/C13H22O10/c1-19-11-10-9(5(3-20-10)21-12(11)18)23-13-8(17)7(16)6(15)4(2-14)22-13/h4-18H,2-3H2,1H3/t4-,5?,6+,7+,8-,9?,10+,11-,12?,13-/m1/s1. The molecule has 0 amide bonds. The molecule has 0 spiro atoms. The van der Waals surface area contributed by atoms with E-state index >= 15 is 0 Å². The molecular formula is C13H22O10. The zero-order valence-electron chi connectivity index (χ0n) is 12.5. The summed E-state index contributed by atoms with van der Waals surface area (Å²) in [5.74, 6) is 0. The van der Waals surface area contributed by atoms with Gasteiger partial charge in [-0.1, -0.05) is 0 Å². The first-order chi connectivity index (χ1) is 11.0. The number of aliphatic hydroxyl groups is 5. The highest BCUT2D eigenvalue weighted by Gasteiger charge is 2.55. The highest BCUT2D eigenvalue weighted by atomic mass is 16.7. The lowest BCUT2D eigenvalue weighted by Crippen LogP contribution is -2.62. The molecular weight excluding hydrogens is 316 g/mol. The van der Waals surface area contributed by atoms with Crippen molar-refractivity contribution in [2.24, 2.45) is 0 Å². The summed E-state index contributed by atoms with van der Waals surface area (Å²) in [7, 11) is 1.39. The molecule has 0 saturated carbocycles. The molecule has 3 unspecified atom stereocenters. The number of ether oxygens (including phenoxy) is 5. The lowest BCUT2D eigenvalue weighted by atomic mass is 9.98. The van der Waals surface area contributed by atoms with Gasteiger partial charge in [0.05, 0.1) is 13.2 Å². The van der Waals surface area contributed by atoms with Crippen molar-refractivity contribution >= 4 is 0 Å². The quantitative estimate of drug-likeness (QED) is 0.347. The van der Waals surface area contributed by atoms with Crippen LogP contribution in [0.25, 0.3) is 0 Å². The lowest BCUT2D eigenvalue weighted by molar-refractivity contribution is -0.338. The zero-order chi connectivity index (χ0) is 16.7. The second-order valence-electron chi connectivity index (χ2n) is 5.86. The summed E-state index contributed by atoms with van der Waals surface area (Å²) in [6.45, 7) is -0.377. The van der Waals surface area contributed by atoms with E-state index in [1.807, 2.05) is 0 Å². The third-order valence-corrected chi connectivity index (χ3v) is 4.47. The maximum atomic E-state index is 10.0. The second kappa shape index (κ2) is 6.84. The first-order valence-electron chi connectivity index (χ1n) is 7.41. The van der Waals surface area contributed by atoms with Gasteiger partial charge in [-0.05, 0) is 0 Å². The fraction of sp³-hybridized carbons (Fsp3) is 1.00. The molecule has 0 radical (unpaired) electrons. The SMILES string of the molecule is CO[C@H]1C(O)OC2CO[C@H]1C2O[C@H]1O[C@H](CO)[C@H](O)[C@H](O)[C@H]1O. The van der Waals surface area contributed by atoms with Crippen molar-refractivity contribution in [2.45, 2.75) is 61.4 Å². The fourth-order valence-corrected chi connectivity index (χ4v) is 3.17. The van der Waals surface area contributed by atoms with E-state index in [4.69, 9.17) is 23.7 Å². The van der Waals surface area contributed by atoms with Gasteiger partial charge in [-0.15, -0.1) is 0 Å². The number of rotatable bonds is 4. The van der Waals surface area contributed by atoms with Gasteiger partial charge >= 0.3 is 0 Å². The molecule has 10 nitrogen and oxygen atoms in total. The van der Waals surface area contributed by atoms with Crippen LogP contribution >= 0.6 is 0 Å². The summed E-state index contributed by atoms with van der Waals surface area (Å²) in [6, 6.07) is 0. The van der Waals surface area contributed by atoms with Crippen LogP contribution in [0.3, 0.4) is 0 Å². The number of aliphatic hydroxyl groups excluding tert-OH is 5. The number of fused-ring (bicyclic) bond motifs is 2. The average molecular weight is 338 g/mol. The van der Waals surface area contributed by atoms with E-state index in [-0.39, 0.29) is 6.61 Å². The molecule has 5 N–H and O–H groups in total. The Morgan fingerprint density at radius 3 is 2.39 bits per heavy atom. The minimum Gasteiger partial charge on any atom is -0.394 e.